The summed E-state index contributed by atoms with van der Waals surface area (Å²) in [4.78, 5) is 10.1. The molecular formula is C7H10O3. The molecule has 56 valence electrons. The fraction of sp³-hybridized carbons (Fsp3) is 0.571. The first-order chi connectivity index (χ1) is 4.70. The van der Waals surface area contributed by atoms with Crippen molar-refractivity contribution in [2.24, 2.45) is 0 Å². The standard InChI is InChI=1S/C7H10O3/c1-3-7(2)5-9-6(4-8)10-7/h3-4,6H,1,5H2,2H3. The fourth-order valence-corrected chi connectivity index (χ4v) is 0.755. The van der Waals surface area contributed by atoms with Crippen LogP contribution in [-0.4, -0.2) is 24.8 Å². The van der Waals surface area contributed by atoms with Gasteiger partial charge in [0.2, 0.25) is 6.29 Å². The van der Waals surface area contributed by atoms with Gasteiger partial charge in [-0.25, -0.2) is 0 Å². The molecule has 0 bridgehead atoms. The number of ether oxygens (including phenoxy) is 2. The maximum atomic E-state index is 10.1. The second-order valence-corrected chi connectivity index (χ2v) is 2.45. The molecular weight excluding hydrogens is 132 g/mol. The zero-order chi connectivity index (χ0) is 7.61. The Morgan fingerprint density at radius 3 is 2.80 bits per heavy atom. The Labute approximate surface area is 59.6 Å². The van der Waals surface area contributed by atoms with Gasteiger partial charge in [0.15, 0.2) is 6.29 Å². The van der Waals surface area contributed by atoms with Crippen LogP contribution in [0.4, 0.5) is 0 Å². The van der Waals surface area contributed by atoms with E-state index in [1.807, 2.05) is 6.92 Å². The second-order valence-electron chi connectivity index (χ2n) is 2.45. The summed E-state index contributed by atoms with van der Waals surface area (Å²) in [5.74, 6) is 0. The third kappa shape index (κ3) is 1.25. The van der Waals surface area contributed by atoms with Crippen LogP contribution in [0.1, 0.15) is 6.92 Å². The van der Waals surface area contributed by atoms with E-state index in [9.17, 15) is 4.79 Å². The van der Waals surface area contributed by atoms with Gasteiger partial charge in [0.25, 0.3) is 0 Å². The lowest BCUT2D eigenvalue weighted by Gasteiger charge is -2.14. The molecule has 0 N–H and O–H groups in total. The largest absolute Gasteiger partial charge is 0.343 e. The van der Waals surface area contributed by atoms with E-state index in [0.717, 1.165) is 0 Å². The summed E-state index contributed by atoms with van der Waals surface area (Å²) in [5, 5.41) is 0. The Balaban J connectivity index is 2.56. The van der Waals surface area contributed by atoms with E-state index in [1.54, 1.807) is 6.08 Å². The highest BCUT2D eigenvalue weighted by molar-refractivity contribution is 5.54. The van der Waals surface area contributed by atoms with Crippen LogP contribution in [0.15, 0.2) is 12.7 Å². The molecule has 0 aromatic carbocycles. The van der Waals surface area contributed by atoms with Crippen molar-refractivity contribution in [2.75, 3.05) is 6.61 Å². The third-order valence-corrected chi connectivity index (χ3v) is 1.46. The normalized spacial score (nSPS) is 39.5. The molecule has 0 saturated carbocycles. The first kappa shape index (κ1) is 7.44. The molecule has 1 aliphatic rings. The van der Waals surface area contributed by atoms with Crippen molar-refractivity contribution >= 4 is 6.29 Å². The number of rotatable bonds is 2. The summed E-state index contributed by atoms with van der Waals surface area (Å²) < 4.78 is 10.1. The predicted molar refractivity (Wildman–Crippen MR) is 35.5 cm³/mol. The molecule has 1 aliphatic heterocycles. The first-order valence-corrected chi connectivity index (χ1v) is 3.08. The van der Waals surface area contributed by atoms with Gasteiger partial charge in [0.05, 0.1) is 6.61 Å². The zero-order valence-corrected chi connectivity index (χ0v) is 5.87. The molecule has 0 radical (unpaired) electrons. The number of hydrogen-bond donors (Lipinski definition) is 0. The van der Waals surface area contributed by atoms with Crippen LogP contribution in [0.5, 0.6) is 0 Å². The van der Waals surface area contributed by atoms with Gasteiger partial charge in [-0.2, -0.15) is 0 Å². The van der Waals surface area contributed by atoms with E-state index >= 15 is 0 Å². The molecule has 1 fully saturated rings. The smallest absolute Gasteiger partial charge is 0.215 e. The molecule has 0 aromatic rings. The van der Waals surface area contributed by atoms with Crippen LogP contribution in [-0.2, 0) is 14.3 Å². The average Bonchev–Trinajstić information content (AvgIpc) is 2.33. The number of aldehydes is 1. The van der Waals surface area contributed by atoms with Gasteiger partial charge in [-0.1, -0.05) is 6.08 Å². The van der Waals surface area contributed by atoms with E-state index in [4.69, 9.17) is 9.47 Å². The minimum Gasteiger partial charge on any atom is -0.343 e. The lowest BCUT2D eigenvalue weighted by molar-refractivity contribution is -0.135. The zero-order valence-electron chi connectivity index (χ0n) is 5.87. The van der Waals surface area contributed by atoms with E-state index in [0.29, 0.717) is 12.9 Å². The van der Waals surface area contributed by atoms with Gasteiger partial charge in [0, 0.05) is 0 Å². The van der Waals surface area contributed by atoms with Crippen LogP contribution in [0.2, 0.25) is 0 Å². The lowest BCUT2D eigenvalue weighted by atomic mass is 10.1. The van der Waals surface area contributed by atoms with Crippen LogP contribution >= 0.6 is 0 Å². The van der Waals surface area contributed by atoms with Crippen molar-refractivity contribution in [1.29, 1.82) is 0 Å². The van der Waals surface area contributed by atoms with Gasteiger partial charge in [-0.05, 0) is 6.92 Å². The maximum absolute atomic E-state index is 10.1. The molecule has 1 rings (SSSR count). The van der Waals surface area contributed by atoms with Crippen LogP contribution in [0, 0.1) is 0 Å². The van der Waals surface area contributed by atoms with Crippen molar-refractivity contribution in [2.45, 2.75) is 18.8 Å². The van der Waals surface area contributed by atoms with Gasteiger partial charge in [0.1, 0.15) is 5.60 Å². The summed E-state index contributed by atoms with van der Waals surface area (Å²) in [5.41, 5.74) is -0.481. The molecule has 0 amide bonds. The van der Waals surface area contributed by atoms with E-state index in [2.05, 4.69) is 6.58 Å². The Hall–Kier alpha value is -0.670. The van der Waals surface area contributed by atoms with Crippen molar-refractivity contribution < 1.29 is 14.3 Å². The molecule has 1 saturated heterocycles. The summed E-state index contributed by atoms with van der Waals surface area (Å²) in [6, 6.07) is 0. The Morgan fingerprint density at radius 2 is 2.50 bits per heavy atom. The van der Waals surface area contributed by atoms with Crippen molar-refractivity contribution in [3.63, 3.8) is 0 Å². The highest BCUT2D eigenvalue weighted by atomic mass is 16.7. The van der Waals surface area contributed by atoms with Gasteiger partial charge < -0.3 is 9.47 Å². The number of carbonyl (C=O) groups excluding carboxylic acids is 1. The fourth-order valence-electron chi connectivity index (χ4n) is 0.755. The predicted octanol–water partition coefficient (Wildman–Crippen LogP) is 0.503. The summed E-state index contributed by atoms with van der Waals surface area (Å²) in [7, 11) is 0. The van der Waals surface area contributed by atoms with Gasteiger partial charge in [-0.15, -0.1) is 6.58 Å². The minimum atomic E-state index is -0.706. The van der Waals surface area contributed by atoms with E-state index in [1.165, 1.54) is 0 Å². The summed E-state index contributed by atoms with van der Waals surface area (Å²) in [6.07, 6.45) is 1.56. The monoisotopic (exact) mass is 142 g/mol. The van der Waals surface area contributed by atoms with Gasteiger partial charge in [-0.3, -0.25) is 4.79 Å². The van der Waals surface area contributed by atoms with Crippen LogP contribution in [0.3, 0.4) is 0 Å². The Kier molecular flexibility index (Phi) is 1.87. The SMILES string of the molecule is C=CC1(C)COC(C=O)O1. The summed E-state index contributed by atoms with van der Waals surface area (Å²) in [6.45, 7) is 5.79. The molecule has 0 spiro atoms. The molecule has 1 heterocycles. The van der Waals surface area contributed by atoms with Gasteiger partial charge >= 0.3 is 0 Å². The van der Waals surface area contributed by atoms with Crippen LogP contribution < -0.4 is 0 Å². The molecule has 3 heteroatoms. The second kappa shape index (κ2) is 2.52. The first-order valence-electron chi connectivity index (χ1n) is 3.08. The number of hydrogen-bond acceptors (Lipinski definition) is 3. The Bertz CT molecular complexity index is 155. The molecule has 2 atom stereocenters. The van der Waals surface area contributed by atoms with E-state index in [-0.39, 0.29) is 0 Å². The van der Waals surface area contributed by atoms with Crippen molar-refractivity contribution in [3.05, 3.63) is 12.7 Å². The highest BCUT2D eigenvalue weighted by Gasteiger charge is 2.33. The lowest BCUT2D eigenvalue weighted by Crippen LogP contribution is -2.24. The quantitative estimate of drug-likeness (QED) is 0.416. The minimum absolute atomic E-state index is 0.403. The van der Waals surface area contributed by atoms with Crippen LogP contribution in [0.25, 0.3) is 0 Å². The van der Waals surface area contributed by atoms with Crippen molar-refractivity contribution in [3.8, 4) is 0 Å². The molecule has 3 nitrogen and oxygen atoms in total. The summed E-state index contributed by atoms with van der Waals surface area (Å²) >= 11 is 0. The molecule has 10 heavy (non-hydrogen) atoms. The molecule has 2 unspecified atom stereocenters. The molecule has 0 aromatic heterocycles. The Morgan fingerprint density at radius 1 is 1.80 bits per heavy atom. The highest BCUT2D eigenvalue weighted by Crippen LogP contribution is 2.22. The van der Waals surface area contributed by atoms with Crippen molar-refractivity contribution in [1.82, 2.24) is 0 Å². The van der Waals surface area contributed by atoms with E-state index < -0.39 is 11.9 Å². The maximum Gasteiger partial charge on any atom is 0.215 e. The third-order valence-electron chi connectivity index (χ3n) is 1.46. The topological polar surface area (TPSA) is 35.5 Å². The number of carbonyl (C=O) groups is 1. The molecule has 0 aliphatic carbocycles. The average molecular weight is 142 g/mol.